The van der Waals surface area contributed by atoms with Crippen LogP contribution in [0.2, 0.25) is 0 Å². The lowest BCUT2D eigenvalue weighted by Crippen LogP contribution is -2.45. The maximum absolute atomic E-state index is 11.8. The fourth-order valence-electron chi connectivity index (χ4n) is 1.41. The van der Waals surface area contributed by atoms with Gasteiger partial charge >= 0.3 is 12.3 Å². The first kappa shape index (κ1) is 10.3. The van der Waals surface area contributed by atoms with Gasteiger partial charge in [0.2, 0.25) is 0 Å². The van der Waals surface area contributed by atoms with Crippen molar-refractivity contribution in [1.82, 2.24) is 0 Å². The molecule has 1 N–H and O–H groups in total. The van der Waals surface area contributed by atoms with Gasteiger partial charge in [-0.1, -0.05) is 0 Å². The van der Waals surface area contributed by atoms with Crippen LogP contribution in [-0.4, -0.2) is 23.0 Å². The zero-order valence-corrected chi connectivity index (χ0v) is 6.73. The third-order valence-electron chi connectivity index (χ3n) is 2.07. The molecule has 1 fully saturated rings. The average Bonchev–Trinajstić information content (AvgIpc) is 1.78. The summed E-state index contributed by atoms with van der Waals surface area (Å²) >= 11 is 0. The van der Waals surface area contributed by atoms with Crippen LogP contribution in [-0.2, 0) is 9.53 Å². The number of rotatable bonds is 3. The fourth-order valence-corrected chi connectivity index (χ4v) is 1.41. The Kier molecular flexibility index (Phi) is 2.51. The molecule has 1 aliphatic rings. The summed E-state index contributed by atoms with van der Waals surface area (Å²) in [7, 11) is 0. The van der Waals surface area contributed by atoms with E-state index in [0.717, 1.165) is 0 Å². The Bertz CT molecular complexity index is 208. The molecule has 13 heavy (non-hydrogen) atoms. The lowest BCUT2D eigenvalue weighted by molar-refractivity contribution is -0.378. The summed E-state index contributed by atoms with van der Waals surface area (Å²) in [6.07, 6.45) is -4.40. The van der Waals surface area contributed by atoms with Gasteiger partial charge in [0.25, 0.3) is 0 Å². The molecule has 3 nitrogen and oxygen atoms in total. The van der Waals surface area contributed by atoms with Crippen LogP contribution in [0.1, 0.15) is 25.7 Å². The second-order valence-corrected chi connectivity index (χ2v) is 3.15. The second kappa shape index (κ2) is 3.17. The highest BCUT2D eigenvalue weighted by molar-refractivity contribution is 5.68. The van der Waals surface area contributed by atoms with E-state index in [-0.39, 0.29) is 12.8 Å². The van der Waals surface area contributed by atoms with Gasteiger partial charge < -0.3 is 5.11 Å². The number of halogens is 3. The number of aliphatic carboxylic acids is 1. The Morgan fingerprint density at radius 2 is 2.00 bits per heavy atom. The molecule has 1 saturated carbocycles. The maximum atomic E-state index is 11.8. The second-order valence-electron chi connectivity index (χ2n) is 3.15. The number of carbonyl (C=O) groups is 1. The number of carboxylic acids is 1. The Hall–Kier alpha value is -0.780. The third kappa shape index (κ3) is 2.87. The zero-order chi connectivity index (χ0) is 10.1. The van der Waals surface area contributed by atoms with Crippen LogP contribution in [0.4, 0.5) is 13.2 Å². The summed E-state index contributed by atoms with van der Waals surface area (Å²) in [5, 5.41) is 8.36. The monoisotopic (exact) mass is 198 g/mol. The highest BCUT2D eigenvalue weighted by Gasteiger charge is 2.48. The van der Waals surface area contributed by atoms with Crippen molar-refractivity contribution in [2.24, 2.45) is 0 Å². The molecule has 0 atom stereocenters. The first-order valence-electron chi connectivity index (χ1n) is 3.82. The molecule has 6 heteroatoms. The van der Waals surface area contributed by atoms with Crippen molar-refractivity contribution >= 4 is 5.97 Å². The van der Waals surface area contributed by atoms with Gasteiger partial charge in [-0.2, -0.15) is 0 Å². The van der Waals surface area contributed by atoms with Crippen LogP contribution in [0.5, 0.6) is 0 Å². The molecule has 0 aliphatic heterocycles. The van der Waals surface area contributed by atoms with E-state index in [0.29, 0.717) is 6.42 Å². The highest BCUT2D eigenvalue weighted by Crippen LogP contribution is 2.42. The Morgan fingerprint density at radius 1 is 1.46 bits per heavy atom. The molecule has 0 unspecified atom stereocenters. The van der Waals surface area contributed by atoms with Crippen LogP contribution in [0, 0.1) is 0 Å². The van der Waals surface area contributed by atoms with E-state index in [2.05, 4.69) is 4.74 Å². The van der Waals surface area contributed by atoms with Gasteiger partial charge in [-0.3, -0.25) is 9.53 Å². The molecule has 0 aromatic rings. The molecule has 0 bridgehead atoms. The van der Waals surface area contributed by atoms with Crippen LogP contribution in [0.3, 0.4) is 0 Å². The van der Waals surface area contributed by atoms with Crippen molar-refractivity contribution in [2.45, 2.75) is 37.6 Å². The van der Waals surface area contributed by atoms with Gasteiger partial charge in [0, 0.05) is 0 Å². The topological polar surface area (TPSA) is 46.5 Å². The van der Waals surface area contributed by atoms with Crippen molar-refractivity contribution < 1.29 is 27.8 Å². The predicted octanol–water partition coefficient (Wildman–Crippen LogP) is 1.92. The van der Waals surface area contributed by atoms with Gasteiger partial charge in [0.1, 0.15) is 0 Å². The van der Waals surface area contributed by atoms with Crippen molar-refractivity contribution in [2.75, 3.05) is 0 Å². The minimum atomic E-state index is -4.74. The molecule has 0 aromatic heterocycles. The van der Waals surface area contributed by atoms with E-state index in [1.807, 2.05) is 0 Å². The first-order chi connectivity index (χ1) is 5.83. The molecule has 0 radical (unpaired) electrons. The average molecular weight is 198 g/mol. The minimum Gasteiger partial charge on any atom is -0.481 e. The van der Waals surface area contributed by atoms with E-state index in [9.17, 15) is 18.0 Å². The van der Waals surface area contributed by atoms with Crippen LogP contribution in [0.25, 0.3) is 0 Å². The SMILES string of the molecule is O=C(O)CC1(OC(F)(F)F)CCC1. The molecule has 0 saturated heterocycles. The smallest absolute Gasteiger partial charge is 0.481 e. The lowest BCUT2D eigenvalue weighted by Gasteiger charge is -2.40. The summed E-state index contributed by atoms with van der Waals surface area (Å²) in [6.45, 7) is 0. The van der Waals surface area contributed by atoms with Gasteiger partial charge in [-0.15, -0.1) is 13.2 Å². The molecule has 76 valence electrons. The Balaban J connectivity index is 2.55. The Labute approximate surface area is 72.5 Å². The van der Waals surface area contributed by atoms with Crippen molar-refractivity contribution in [1.29, 1.82) is 0 Å². The molecular weight excluding hydrogens is 189 g/mol. The first-order valence-corrected chi connectivity index (χ1v) is 3.82. The van der Waals surface area contributed by atoms with Gasteiger partial charge in [-0.25, -0.2) is 0 Å². The largest absolute Gasteiger partial charge is 0.523 e. The number of carboxylic acid groups (broad SMARTS) is 1. The van der Waals surface area contributed by atoms with E-state index in [1.54, 1.807) is 0 Å². The molecule has 0 aromatic carbocycles. The molecule has 1 rings (SSSR count). The minimum absolute atomic E-state index is 0.165. The lowest BCUT2D eigenvalue weighted by atomic mass is 9.77. The summed E-state index contributed by atoms with van der Waals surface area (Å²) < 4.78 is 39.2. The van der Waals surface area contributed by atoms with Crippen LogP contribution in [0.15, 0.2) is 0 Å². The molecule has 0 amide bonds. The molecule has 1 aliphatic carbocycles. The number of hydrogen-bond acceptors (Lipinski definition) is 2. The van der Waals surface area contributed by atoms with E-state index >= 15 is 0 Å². The molecular formula is C7H9F3O3. The van der Waals surface area contributed by atoms with Gasteiger partial charge in [0.15, 0.2) is 0 Å². The maximum Gasteiger partial charge on any atom is 0.523 e. The summed E-state index contributed by atoms with van der Waals surface area (Å²) in [4.78, 5) is 10.2. The molecule has 0 spiro atoms. The van der Waals surface area contributed by atoms with E-state index < -0.39 is 24.4 Å². The Morgan fingerprint density at radius 3 is 2.23 bits per heavy atom. The fraction of sp³-hybridized carbons (Fsp3) is 0.857. The predicted molar refractivity (Wildman–Crippen MR) is 36.0 cm³/mol. The summed E-state index contributed by atoms with van der Waals surface area (Å²) in [5.74, 6) is -1.26. The third-order valence-corrected chi connectivity index (χ3v) is 2.07. The van der Waals surface area contributed by atoms with Gasteiger partial charge in [-0.05, 0) is 19.3 Å². The highest BCUT2D eigenvalue weighted by atomic mass is 19.4. The zero-order valence-electron chi connectivity index (χ0n) is 6.73. The standard InChI is InChI=1S/C7H9F3O3/c8-7(9,10)13-6(2-1-3-6)4-5(11)12/h1-4H2,(H,11,12). The number of ether oxygens (including phenoxy) is 1. The summed E-state index contributed by atoms with van der Waals surface area (Å²) in [6, 6.07) is 0. The number of hydrogen-bond donors (Lipinski definition) is 1. The van der Waals surface area contributed by atoms with E-state index in [1.165, 1.54) is 0 Å². The van der Waals surface area contributed by atoms with Crippen LogP contribution < -0.4 is 0 Å². The van der Waals surface area contributed by atoms with Crippen LogP contribution >= 0.6 is 0 Å². The van der Waals surface area contributed by atoms with Gasteiger partial charge in [0.05, 0.1) is 12.0 Å². The van der Waals surface area contributed by atoms with Crippen molar-refractivity contribution in [3.05, 3.63) is 0 Å². The van der Waals surface area contributed by atoms with Crippen molar-refractivity contribution in [3.8, 4) is 0 Å². The molecule has 0 heterocycles. The quantitative estimate of drug-likeness (QED) is 0.753. The number of alkyl halides is 3. The van der Waals surface area contributed by atoms with E-state index in [4.69, 9.17) is 5.11 Å². The van der Waals surface area contributed by atoms with Crippen molar-refractivity contribution in [3.63, 3.8) is 0 Å². The summed E-state index contributed by atoms with van der Waals surface area (Å²) in [5.41, 5.74) is -1.50. The normalized spacial score (nSPS) is 20.8.